The van der Waals surface area contributed by atoms with Gasteiger partial charge in [0.25, 0.3) is 5.56 Å². The lowest BCUT2D eigenvalue weighted by Gasteiger charge is -2.05. The van der Waals surface area contributed by atoms with Crippen LogP contribution in [-0.4, -0.2) is 25.2 Å². The van der Waals surface area contributed by atoms with Gasteiger partial charge in [0, 0.05) is 11.3 Å². The Bertz CT molecular complexity index is 660. The highest BCUT2D eigenvalue weighted by Crippen LogP contribution is 2.21. The topological polar surface area (TPSA) is 68.4 Å². The second kappa shape index (κ2) is 5.39. The van der Waals surface area contributed by atoms with Crippen molar-refractivity contribution in [2.75, 3.05) is 14.2 Å². The second-order valence-corrected chi connectivity index (χ2v) is 3.84. The smallest absolute Gasteiger partial charge is 0.343 e. The minimum Gasteiger partial charge on any atom is -0.497 e. The molecule has 5 heteroatoms. The van der Waals surface area contributed by atoms with Crippen molar-refractivity contribution in [2.24, 2.45) is 0 Å². The number of carbonyl (C=O) groups is 1. The molecule has 0 aliphatic carbocycles. The highest BCUT2D eigenvalue weighted by atomic mass is 16.5. The van der Waals surface area contributed by atoms with E-state index in [1.807, 2.05) is 18.2 Å². The largest absolute Gasteiger partial charge is 0.497 e. The summed E-state index contributed by atoms with van der Waals surface area (Å²) in [5.41, 5.74) is 0.908. The number of nitrogens with one attached hydrogen (secondary N) is 1. The average Bonchev–Trinajstić information content (AvgIpc) is 2.46. The summed E-state index contributed by atoms with van der Waals surface area (Å²) in [7, 11) is 2.81. The number of aromatic nitrogens is 1. The van der Waals surface area contributed by atoms with Gasteiger partial charge in [-0.05, 0) is 24.3 Å². The predicted octanol–water partition coefficient (Wildman–Crippen LogP) is 1.84. The van der Waals surface area contributed by atoms with Crippen molar-refractivity contribution in [2.45, 2.75) is 0 Å². The number of pyridine rings is 1. The van der Waals surface area contributed by atoms with Crippen molar-refractivity contribution < 1.29 is 14.3 Å². The molecule has 0 spiro atoms. The summed E-state index contributed by atoms with van der Waals surface area (Å²) in [5, 5.41) is 0. The van der Waals surface area contributed by atoms with Crippen LogP contribution in [0.1, 0.15) is 10.4 Å². The van der Waals surface area contributed by atoms with E-state index >= 15 is 0 Å². The molecular formula is C14H13NO4. The molecule has 0 aliphatic heterocycles. The Hall–Kier alpha value is -2.56. The van der Waals surface area contributed by atoms with E-state index in [0.717, 1.165) is 5.56 Å². The van der Waals surface area contributed by atoms with Crippen LogP contribution >= 0.6 is 0 Å². The average molecular weight is 259 g/mol. The van der Waals surface area contributed by atoms with Gasteiger partial charge in [-0.2, -0.15) is 0 Å². The first kappa shape index (κ1) is 12.9. The van der Waals surface area contributed by atoms with Crippen molar-refractivity contribution >= 4 is 5.97 Å². The van der Waals surface area contributed by atoms with Crippen molar-refractivity contribution in [3.63, 3.8) is 0 Å². The first-order valence-corrected chi connectivity index (χ1v) is 5.62. The zero-order chi connectivity index (χ0) is 13.8. The molecule has 0 saturated heterocycles. The molecule has 1 aromatic heterocycles. The van der Waals surface area contributed by atoms with Crippen molar-refractivity contribution in [3.8, 4) is 17.0 Å². The third-order valence-electron chi connectivity index (χ3n) is 2.70. The van der Waals surface area contributed by atoms with Crippen LogP contribution in [0.4, 0.5) is 0 Å². The van der Waals surface area contributed by atoms with Gasteiger partial charge in [0.1, 0.15) is 11.3 Å². The molecule has 2 rings (SSSR count). The van der Waals surface area contributed by atoms with Gasteiger partial charge in [-0.25, -0.2) is 4.79 Å². The number of rotatable bonds is 3. The summed E-state index contributed by atoms with van der Waals surface area (Å²) < 4.78 is 9.64. The minimum atomic E-state index is -0.654. The van der Waals surface area contributed by atoms with E-state index in [2.05, 4.69) is 9.72 Å². The van der Waals surface area contributed by atoms with Gasteiger partial charge < -0.3 is 14.5 Å². The first-order chi connectivity index (χ1) is 9.15. The standard InChI is InChI=1S/C14H13NO4/c1-18-10-5-3-4-9(8-10)12-7-6-11(13(16)15-12)14(17)19-2/h3-8H,1-2H3,(H,15,16). The van der Waals surface area contributed by atoms with Crippen LogP contribution in [0, 0.1) is 0 Å². The maximum Gasteiger partial charge on any atom is 0.343 e. The van der Waals surface area contributed by atoms with E-state index in [9.17, 15) is 9.59 Å². The molecule has 5 nitrogen and oxygen atoms in total. The lowest BCUT2D eigenvalue weighted by molar-refractivity contribution is 0.0598. The summed E-state index contributed by atoms with van der Waals surface area (Å²) in [5.74, 6) is 0.0360. The number of carbonyl (C=O) groups excluding carboxylic acids is 1. The number of benzene rings is 1. The monoisotopic (exact) mass is 259 g/mol. The van der Waals surface area contributed by atoms with Crippen LogP contribution in [-0.2, 0) is 4.74 Å². The number of ether oxygens (including phenoxy) is 2. The van der Waals surface area contributed by atoms with Crippen molar-refractivity contribution in [1.82, 2.24) is 4.98 Å². The van der Waals surface area contributed by atoms with E-state index in [1.165, 1.54) is 13.2 Å². The highest BCUT2D eigenvalue weighted by Gasteiger charge is 2.11. The third-order valence-corrected chi connectivity index (χ3v) is 2.70. The Kier molecular flexibility index (Phi) is 3.66. The van der Waals surface area contributed by atoms with Gasteiger partial charge in [-0.1, -0.05) is 12.1 Å². The molecule has 0 unspecified atom stereocenters. The van der Waals surface area contributed by atoms with Gasteiger partial charge in [0.15, 0.2) is 0 Å². The Morgan fingerprint density at radius 2 is 1.95 bits per heavy atom. The number of hydrogen-bond acceptors (Lipinski definition) is 4. The highest BCUT2D eigenvalue weighted by molar-refractivity contribution is 5.89. The molecule has 0 aliphatic rings. The lowest BCUT2D eigenvalue weighted by atomic mass is 10.1. The van der Waals surface area contributed by atoms with Crippen LogP contribution in [0.3, 0.4) is 0 Å². The zero-order valence-corrected chi connectivity index (χ0v) is 10.6. The normalized spacial score (nSPS) is 10.0. The van der Waals surface area contributed by atoms with Gasteiger partial charge in [-0.3, -0.25) is 4.79 Å². The quantitative estimate of drug-likeness (QED) is 0.854. The molecule has 98 valence electrons. The number of methoxy groups -OCH3 is 2. The Balaban J connectivity index is 2.44. The zero-order valence-electron chi connectivity index (χ0n) is 10.6. The molecule has 1 N–H and O–H groups in total. The predicted molar refractivity (Wildman–Crippen MR) is 70.4 cm³/mol. The summed E-state index contributed by atoms with van der Waals surface area (Å²) in [6.07, 6.45) is 0. The van der Waals surface area contributed by atoms with E-state index in [-0.39, 0.29) is 5.56 Å². The van der Waals surface area contributed by atoms with Gasteiger partial charge in [-0.15, -0.1) is 0 Å². The molecule has 2 aromatic rings. The van der Waals surface area contributed by atoms with Crippen molar-refractivity contribution in [1.29, 1.82) is 0 Å². The lowest BCUT2D eigenvalue weighted by Crippen LogP contribution is -2.18. The summed E-state index contributed by atoms with van der Waals surface area (Å²) in [6.45, 7) is 0. The molecule has 19 heavy (non-hydrogen) atoms. The van der Waals surface area contributed by atoms with E-state index < -0.39 is 11.5 Å². The molecular weight excluding hydrogens is 246 g/mol. The number of H-pyrrole nitrogens is 1. The Labute approximate surface area is 109 Å². The second-order valence-electron chi connectivity index (χ2n) is 3.84. The van der Waals surface area contributed by atoms with Crippen LogP contribution in [0.2, 0.25) is 0 Å². The fraction of sp³-hybridized carbons (Fsp3) is 0.143. The molecule has 1 aromatic carbocycles. The fourth-order valence-electron chi connectivity index (χ4n) is 1.70. The van der Waals surface area contributed by atoms with Crippen LogP contribution < -0.4 is 10.3 Å². The first-order valence-electron chi connectivity index (χ1n) is 5.62. The summed E-state index contributed by atoms with van der Waals surface area (Å²) >= 11 is 0. The molecule has 1 heterocycles. The number of esters is 1. The summed E-state index contributed by atoms with van der Waals surface area (Å²) in [6, 6.07) is 10.4. The van der Waals surface area contributed by atoms with Crippen LogP contribution in [0.15, 0.2) is 41.2 Å². The Morgan fingerprint density at radius 1 is 1.16 bits per heavy atom. The fourth-order valence-corrected chi connectivity index (χ4v) is 1.70. The summed E-state index contributed by atoms with van der Waals surface area (Å²) in [4.78, 5) is 25.7. The number of aromatic amines is 1. The molecule has 0 atom stereocenters. The minimum absolute atomic E-state index is 0.0193. The van der Waals surface area contributed by atoms with E-state index in [1.54, 1.807) is 19.2 Å². The van der Waals surface area contributed by atoms with Gasteiger partial charge in [0.05, 0.1) is 14.2 Å². The molecule has 0 radical (unpaired) electrons. The maximum atomic E-state index is 11.8. The molecule has 0 bridgehead atoms. The number of hydrogen-bond donors (Lipinski definition) is 1. The van der Waals surface area contributed by atoms with Crippen molar-refractivity contribution in [3.05, 3.63) is 52.3 Å². The third kappa shape index (κ3) is 2.65. The SMILES string of the molecule is COC(=O)c1ccc(-c2cccc(OC)c2)[nH]c1=O. The Morgan fingerprint density at radius 3 is 2.58 bits per heavy atom. The molecule has 0 amide bonds. The van der Waals surface area contributed by atoms with Crippen LogP contribution in [0.25, 0.3) is 11.3 Å². The van der Waals surface area contributed by atoms with Crippen LogP contribution in [0.5, 0.6) is 5.75 Å². The molecule has 0 fully saturated rings. The van der Waals surface area contributed by atoms with E-state index in [4.69, 9.17) is 4.74 Å². The van der Waals surface area contributed by atoms with Gasteiger partial charge >= 0.3 is 5.97 Å². The maximum absolute atomic E-state index is 11.8. The molecule has 0 saturated carbocycles. The van der Waals surface area contributed by atoms with Gasteiger partial charge in [0.2, 0.25) is 0 Å². The van der Waals surface area contributed by atoms with E-state index in [0.29, 0.717) is 11.4 Å².